The lowest BCUT2D eigenvalue weighted by Crippen LogP contribution is -2.57. The Kier molecular flexibility index (Phi) is 11.0. The summed E-state index contributed by atoms with van der Waals surface area (Å²) >= 11 is 6.55. The Labute approximate surface area is 318 Å². The number of nitrogens with zero attached hydrogens (tertiary/aromatic N) is 5. The Balaban J connectivity index is 1.48. The van der Waals surface area contributed by atoms with Crippen LogP contribution in [-0.2, 0) is 9.47 Å². The molecule has 4 aromatic rings. The van der Waals surface area contributed by atoms with Crippen molar-refractivity contribution in [3.05, 3.63) is 53.2 Å². The molecular formula is C41H51ClFN5O4Si. The van der Waals surface area contributed by atoms with Gasteiger partial charge in [0.05, 0.1) is 17.5 Å². The summed E-state index contributed by atoms with van der Waals surface area (Å²) in [4.78, 5) is 30.8. The highest BCUT2D eigenvalue weighted by Crippen LogP contribution is 2.43. The third kappa shape index (κ3) is 7.43. The molecule has 2 aliphatic heterocycles. The van der Waals surface area contributed by atoms with Gasteiger partial charge in [-0.1, -0.05) is 59.6 Å². The molecule has 2 unspecified atom stereocenters. The number of piperazine rings is 1. The molecule has 2 atom stereocenters. The van der Waals surface area contributed by atoms with E-state index >= 15 is 4.39 Å². The highest BCUT2D eigenvalue weighted by Gasteiger charge is 2.45. The van der Waals surface area contributed by atoms with Crippen molar-refractivity contribution in [1.29, 1.82) is 0 Å². The van der Waals surface area contributed by atoms with Gasteiger partial charge in [-0.25, -0.2) is 14.2 Å². The van der Waals surface area contributed by atoms with Crippen LogP contribution < -0.4 is 9.64 Å². The fourth-order valence-corrected chi connectivity index (χ4v) is 14.0. The Morgan fingerprint density at radius 2 is 1.70 bits per heavy atom. The maximum absolute atomic E-state index is 17.1. The molecular weight excluding hydrogens is 709 g/mol. The van der Waals surface area contributed by atoms with Crippen LogP contribution in [0.2, 0.25) is 21.9 Å². The van der Waals surface area contributed by atoms with Crippen molar-refractivity contribution in [1.82, 2.24) is 19.9 Å². The quantitative estimate of drug-likeness (QED) is 0.0760. The van der Waals surface area contributed by atoms with Gasteiger partial charge in [-0.15, -0.1) is 5.54 Å². The first-order valence-electron chi connectivity index (χ1n) is 18.6. The zero-order valence-corrected chi connectivity index (χ0v) is 34.3. The van der Waals surface area contributed by atoms with Crippen molar-refractivity contribution >= 4 is 53.3 Å². The Hall–Kier alpha value is -3.98. The van der Waals surface area contributed by atoms with E-state index in [1.807, 2.05) is 49.9 Å². The molecule has 2 aromatic carbocycles. The van der Waals surface area contributed by atoms with E-state index in [0.29, 0.717) is 52.2 Å². The van der Waals surface area contributed by atoms with Gasteiger partial charge in [0.25, 0.3) is 0 Å². The second-order valence-electron chi connectivity index (χ2n) is 16.2. The fourth-order valence-electron chi connectivity index (χ4n) is 8.64. The minimum atomic E-state index is -2.08. The second-order valence-corrected chi connectivity index (χ2v) is 22.2. The molecule has 6 rings (SSSR count). The van der Waals surface area contributed by atoms with Crippen LogP contribution in [0.1, 0.15) is 80.7 Å². The Bertz CT molecular complexity index is 2060. The van der Waals surface area contributed by atoms with Crippen molar-refractivity contribution in [3.8, 4) is 28.5 Å². The summed E-state index contributed by atoms with van der Waals surface area (Å²) in [5, 5.41) is 1.99. The predicted molar refractivity (Wildman–Crippen MR) is 213 cm³/mol. The molecule has 2 aliphatic rings. The van der Waals surface area contributed by atoms with E-state index in [9.17, 15) is 4.79 Å². The van der Waals surface area contributed by atoms with Crippen LogP contribution in [0.5, 0.6) is 5.75 Å². The number of halogens is 2. The van der Waals surface area contributed by atoms with E-state index in [2.05, 4.69) is 67.9 Å². The standard InChI is InChI=1S/C41H51ClFN5O4Si/c1-24(2)53(25(3)4,26(5)6)17-16-27-12-11-13-28-18-31(51-23-50-10)19-32(34(27)28)36-35(43)37-33(20-44-36)38(46-39(42)45-37)47-21-29-14-15-30(22-47)48(29)40(49)52-41(7,8)9/h11-13,18-20,24-26,29-30H,14-15,21-23H2,1-10H3. The maximum Gasteiger partial charge on any atom is 0.410 e. The van der Waals surface area contributed by atoms with E-state index in [0.717, 1.165) is 29.2 Å². The number of aromatic nitrogens is 3. The van der Waals surface area contributed by atoms with Crippen LogP contribution in [-0.4, -0.2) is 78.7 Å². The molecule has 2 fully saturated rings. The first kappa shape index (κ1) is 38.7. The van der Waals surface area contributed by atoms with E-state index in [1.54, 1.807) is 19.4 Å². The van der Waals surface area contributed by atoms with E-state index in [1.165, 1.54) is 0 Å². The lowest BCUT2D eigenvalue weighted by Gasteiger charge is -2.42. The number of ether oxygens (including phenoxy) is 3. The summed E-state index contributed by atoms with van der Waals surface area (Å²) in [6.45, 7) is 20.4. The Morgan fingerprint density at radius 3 is 2.30 bits per heavy atom. The monoisotopic (exact) mass is 759 g/mol. The predicted octanol–water partition coefficient (Wildman–Crippen LogP) is 9.78. The van der Waals surface area contributed by atoms with Crippen LogP contribution in [0.15, 0.2) is 36.5 Å². The number of rotatable bonds is 8. The summed E-state index contributed by atoms with van der Waals surface area (Å²) < 4.78 is 34.0. The maximum atomic E-state index is 17.1. The first-order valence-corrected chi connectivity index (χ1v) is 21.2. The number of fused-ring (bicyclic) bond motifs is 4. The average molecular weight is 760 g/mol. The molecule has 9 nitrogen and oxygen atoms in total. The van der Waals surface area contributed by atoms with Crippen molar-refractivity contribution < 1.29 is 23.4 Å². The molecule has 12 heteroatoms. The van der Waals surface area contributed by atoms with Crippen molar-refractivity contribution in [3.63, 3.8) is 0 Å². The molecule has 0 radical (unpaired) electrons. The third-order valence-corrected chi connectivity index (χ3v) is 17.3. The van der Waals surface area contributed by atoms with Gasteiger partial charge >= 0.3 is 6.09 Å². The van der Waals surface area contributed by atoms with Crippen LogP contribution in [0, 0.1) is 17.3 Å². The van der Waals surface area contributed by atoms with Gasteiger partial charge in [0.2, 0.25) is 5.28 Å². The smallest absolute Gasteiger partial charge is 0.410 e. The summed E-state index contributed by atoms with van der Waals surface area (Å²) in [5.74, 6) is 3.99. The Morgan fingerprint density at radius 1 is 1.04 bits per heavy atom. The fraction of sp³-hybridized carbons (Fsp3) is 0.512. The molecule has 0 spiro atoms. The largest absolute Gasteiger partial charge is 0.468 e. The SMILES string of the molecule is COCOc1cc(-c2ncc3c(N4CC5CCC(C4)N5C(=O)OC(C)(C)C)nc(Cl)nc3c2F)c2c(C#C[Si](C(C)C)(C(C)C)C(C)C)cccc2c1. The van der Waals surface area contributed by atoms with Gasteiger partial charge in [0, 0.05) is 42.9 Å². The first-order chi connectivity index (χ1) is 25.0. The van der Waals surface area contributed by atoms with Gasteiger partial charge in [0.1, 0.15) is 36.5 Å². The number of amides is 1. The van der Waals surface area contributed by atoms with Gasteiger partial charge < -0.3 is 19.1 Å². The molecule has 0 saturated carbocycles. The average Bonchev–Trinajstić information content (AvgIpc) is 3.35. The molecule has 1 amide bonds. The van der Waals surface area contributed by atoms with Crippen molar-refractivity contribution in [2.24, 2.45) is 0 Å². The van der Waals surface area contributed by atoms with E-state index in [-0.39, 0.29) is 41.5 Å². The normalized spacial score (nSPS) is 17.6. The van der Waals surface area contributed by atoms with Crippen LogP contribution in [0.3, 0.4) is 0 Å². The number of anilines is 1. The molecule has 0 aliphatic carbocycles. The highest BCUT2D eigenvalue weighted by molar-refractivity contribution is 6.90. The molecule has 2 aromatic heterocycles. The summed E-state index contributed by atoms with van der Waals surface area (Å²) in [7, 11) is -0.529. The number of carbonyl (C=O) groups excluding carboxylic acids is 1. The summed E-state index contributed by atoms with van der Waals surface area (Å²) in [6.07, 6.45) is 2.98. The van der Waals surface area contributed by atoms with Gasteiger partial charge in [-0.3, -0.25) is 9.88 Å². The van der Waals surface area contributed by atoms with Crippen LogP contribution in [0.4, 0.5) is 15.0 Å². The van der Waals surface area contributed by atoms with E-state index < -0.39 is 19.5 Å². The lowest BCUT2D eigenvalue weighted by molar-refractivity contribution is 0.0123. The topological polar surface area (TPSA) is 89.9 Å². The van der Waals surface area contributed by atoms with Gasteiger partial charge in [-0.05, 0) is 85.4 Å². The molecule has 282 valence electrons. The highest BCUT2D eigenvalue weighted by atomic mass is 35.5. The van der Waals surface area contributed by atoms with E-state index in [4.69, 9.17) is 30.8 Å². The minimum absolute atomic E-state index is 0.0265. The summed E-state index contributed by atoms with van der Waals surface area (Å²) in [5.41, 5.74) is 6.11. The molecule has 53 heavy (non-hydrogen) atoms. The number of benzene rings is 2. The number of hydrogen-bond acceptors (Lipinski definition) is 8. The zero-order chi connectivity index (χ0) is 38.4. The lowest BCUT2D eigenvalue weighted by atomic mass is 9.96. The number of carbonyl (C=O) groups is 1. The summed E-state index contributed by atoms with van der Waals surface area (Å²) in [6, 6.07) is 9.50. The minimum Gasteiger partial charge on any atom is -0.468 e. The number of hydrogen-bond donors (Lipinski definition) is 0. The third-order valence-electron chi connectivity index (χ3n) is 10.9. The second kappa shape index (κ2) is 15.0. The van der Waals surface area contributed by atoms with Crippen molar-refractivity contribution in [2.45, 2.75) is 109 Å². The molecule has 2 bridgehead atoms. The van der Waals surface area contributed by atoms with Crippen LogP contribution in [0.25, 0.3) is 32.9 Å². The zero-order valence-electron chi connectivity index (χ0n) is 32.5. The van der Waals surface area contributed by atoms with Crippen LogP contribution >= 0.6 is 11.6 Å². The molecule has 4 heterocycles. The number of methoxy groups -OCH3 is 1. The van der Waals surface area contributed by atoms with Gasteiger partial charge in [-0.2, -0.15) is 4.98 Å². The van der Waals surface area contributed by atoms with Crippen molar-refractivity contribution in [2.75, 3.05) is 31.9 Å². The molecule has 0 N–H and O–H groups in total. The number of pyridine rings is 1. The molecule has 2 saturated heterocycles. The van der Waals surface area contributed by atoms with Gasteiger partial charge in [0.15, 0.2) is 12.6 Å².